The third-order valence-electron chi connectivity index (χ3n) is 2.95. The zero-order chi connectivity index (χ0) is 16.1. The maximum atomic E-state index is 13.0. The SMILES string of the molecule is Cc1cc(F)ccc1NC(=O)/C=C/c1cccc([N+](=O)[O-])c1. The smallest absolute Gasteiger partial charge is 0.270 e. The summed E-state index contributed by atoms with van der Waals surface area (Å²) in [5.74, 6) is -0.774. The number of non-ortho nitro benzene ring substituents is 1. The molecule has 0 unspecified atom stereocenters. The number of nitro groups is 1. The van der Waals surface area contributed by atoms with E-state index in [4.69, 9.17) is 0 Å². The Labute approximate surface area is 126 Å². The molecule has 0 aliphatic rings. The first-order chi connectivity index (χ1) is 10.5. The Kier molecular flexibility index (Phi) is 4.63. The van der Waals surface area contributed by atoms with Gasteiger partial charge in [0.25, 0.3) is 5.69 Å². The van der Waals surface area contributed by atoms with Crippen LogP contribution in [0.1, 0.15) is 11.1 Å². The van der Waals surface area contributed by atoms with Crippen molar-refractivity contribution in [3.8, 4) is 0 Å². The first-order valence-corrected chi connectivity index (χ1v) is 6.45. The number of anilines is 1. The molecule has 0 radical (unpaired) electrons. The van der Waals surface area contributed by atoms with Crippen molar-refractivity contribution in [2.75, 3.05) is 5.32 Å². The minimum Gasteiger partial charge on any atom is -0.322 e. The van der Waals surface area contributed by atoms with Crippen molar-refractivity contribution < 1.29 is 14.1 Å². The fourth-order valence-electron chi connectivity index (χ4n) is 1.86. The molecular weight excluding hydrogens is 287 g/mol. The summed E-state index contributed by atoms with van der Waals surface area (Å²) in [5, 5.41) is 13.3. The van der Waals surface area contributed by atoms with Gasteiger partial charge in [0.1, 0.15) is 5.82 Å². The number of amides is 1. The number of hydrogen-bond acceptors (Lipinski definition) is 3. The molecule has 0 atom stereocenters. The molecule has 2 rings (SSSR count). The Morgan fingerprint density at radius 3 is 2.73 bits per heavy atom. The zero-order valence-corrected chi connectivity index (χ0v) is 11.7. The molecule has 0 spiro atoms. The van der Waals surface area contributed by atoms with Gasteiger partial charge in [-0.1, -0.05) is 12.1 Å². The monoisotopic (exact) mass is 300 g/mol. The average molecular weight is 300 g/mol. The summed E-state index contributed by atoms with van der Waals surface area (Å²) in [5.41, 5.74) is 1.62. The second-order valence-electron chi connectivity index (χ2n) is 4.63. The van der Waals surface area contributed by atoms with Crippen molar-refractivity contribution in [1.82, 2.24) is 0 Å². The van der Waals surface area contributed by atoms with Crippen LogP contribution in [0.5, 0.6) is 0 Å². The molecule has 22 heavy (non-hydrogen) atoms. The maximum absolute atomic E-state index is 13.0. The molecular formula is C16H13FN2O3. The number of carbonyl (C=O) groups is 1. The van der Waals surface area contributed by atoms with Crippen molar-refractivity contribution in [2.24, 2.45) is 0 Å². The lowest BCUT2D eigenvalue weighted by Gasteiger charge is -2.05. The summed E-state index contributed by atoms with van der Waals surface area (Å²) < 4.78 is 13.0. The van der Waals surface area contributed by atoms with E-state index in [9.17, 15) is 19.3 Å². The minimum atomic E-state index is -0.501. The highest BCUT2D eigenvalue weighted by atomic mass is 19.1. The topological polar surface area (TPSA) is 72.2 Å². The summed E-state index contributed by atoms with van der Waals surface area (Å²) in [4.78, 5) is 22.0. The van der Waals surface area contributed by atoms with Crippen LogP contribution in [0.2, 0.25) is 0 Å². The molecule has 0 saturated carbocycles. The molecule has 6 heteroatoms. The molecule has 0 saturated heterocycles. The second kappa shape index (κ2) is 6.62. The Morgan fingerprint density at radius 2 is 2.05 bits per heavy atom. The van der Waals surface area contributed by atoms with E-state index in [-0.39, 0.29) is 11.5 Å². The first-order valence-electron chi connectivity index (χ1n) is 6.45. The van der Waals surface area contributed by atoms with Crippen LogP contribution in [-0.2, 0) is 4.79 Å². The van der Waals surface area contributed by atoms with E-state index in [0.29, 0.717) is 16.8 Å². The van der Waals surface area contributed by atoms with Gasteiger partial charge in [-0.15, -0.1) is 0 Å². The summed E-state index contributed by atoms with van der Waals surface area (Å²) in [6.07, 6.45) is 2.74. The van der Waals surface area contributed by atoms with Crippen LogP contribution in [0, 0.1) is 22.9 Å². The third-order valence-corrected chi connectivity index (χ3v) is 2.95. The molecule has 0 bridgehead atoms. The van der Waals surface area contributed by atoms with Gasteiger partial charge in [-0.2, -0.15) is 0 Å². The van der Waals surface area contributed by atoms with E-state index in [1.807, 2.05) is 0 Å². The molecule has 112 valence electrons. The van der Waals surface area contributed by atoms with E-state index in [1.54, 1.807) is 19.1 Å². The van der Waals surface area contributed by atoms with Crippen LogP contribution in [-0.4, -0.2) is 10.8 Å². The van der Waals surface area contributed by atoms with Gasteiger partial charge >= 0.3 is 0 Å². The molecule has 0 fully saturated rings. The number of nitro benzene ring substituents is 1. The lowest BCUT2D eigenvalue weighted by Crippen LogP contribution is -2.09. The Morgan fingerprint density at radius 1 is 1.27 bits per heavy atom. The molecule has 1 amide bonds. The van der Waals surface area contributed by atoms with Crippen LogP contribution in [0.3, 0.4) is 0 Å². The number of nitrogens with one attached hydrogen (secondary N) is 1. The minimum absolute atomic E-state index is 0.0445. The highest BCUT2D eigenvalue weighted by molar-refractivity contribution is 6.02. The molecule has 0 aliphatic carbocycles. The van der Waals surface area contributed by atoms with Crippen LogP contribution in [0.25, 0.3) is 6.08 Å². The van der Waals surface area contributed by atoms with Gasteiger partial charge in [-0.3, -0.25) is 14.9 Å². The van der Waals surface area contributed by atoms with Crippen molar-refractivity contribution in [3.05, 3.63) is 75.6 Å². The molecule has 5 nitrogen and oxygen atoms in total. The predicted molar refractivity (Wildman–Crippen MR) is 81.9 cm³/mol. The van der Waals surface area contributed by atoms with E-state index in [2.05, 4.69) is 5.32 Å². The van der Waals surface area contributed by atoms with E-state index in [1.165, 1.54) is 42.5 Å². The Balaban J connectivity index is 2.08. The van der Waals surface area contributed by atoms with Crippen LogP contribution in [0.15, 0.2) is 48.5 Å². The number of hydrogen-bond donors (Lipinski definition) is 1. The highest BCUT2D eigenvalue weighted by Gasteiger charge is 2.05. The largest absolute Gasteiger partial charge is 0.322 e. The van der Waals surface area contributed by atoms with Crippen molar-refractivity contribution in [3.63, 3.8) is 0 Å². The summed E-state index contributed by atoms with van der Waals surface area (Å²) in [6, 6.07) is 9.99. The second-order valence-corrected chi connectivity index (χ2v) is 4.63. The molecule has 0 heterocycles. The zero-order valence-electron chi connectivity index (χ0n) is 11.7. The number of halogens is 1. The number of benzene rings is 2. The summed E-state index contributed by atoms with van der Waals surface area (Å²) in [6.45, 7) is 1.68. The van der Waals surface area contributed by atoms with Crippen LogP contribution < -0.4 is 5.32 Å². The van der Waals surface area contributed by atoms with Gasteiger partial charge in [0.05, 0.1) is 4.92 Å². The highest BCUT2D eigenvalue weighted by Crippen LogP contribution is 2.16. The van der Waals surface area contributed by atoms with Crippen LogP contribution in [0.4, 0.5) is 15.8 Å². The van der Waals surface area contributed by atoms with E-state index < -0.39 is 10.8 Å². The summed E-state index contributed by atoms with van der Waals surface area (Å²) >= 11 is 0. The van der Waals surface area contributed by atoms with Gasteiger partial charge in [0, 0.05) is 23.9 Å². The predicted octanol–water partition coefficient (Wildman–Crippen LogP) is 3.69. The third kappa shape index (κ3) is 3.99. The van der Waals surface area contributed by atoms with Gasteiger partial charge < -0.3 is 5.32 Å². The lowest BCUT2D eigenvalue weighted by molar-refractivity contribution is -0.384. The number of nitrogens with zero attached hydrogens (tertiary/aromatic N) is 1. The van der Waals surface area contributed by atoms with E-state index in [0.717, 1.165) is 0 Å². The number of aryl methyl sites for hydroxylation is 1. The first kappa shape index (κ1) is 15.4. The quantitative estimate of drug-likeness (QED) is 0.531. The number of carbonyl (C=O) groups excluding carboxylic acids is 1. The van der Waals surface area contributed by atoms with Gasteiger partial charge in [0.15, 0.2) is 0 Å². The van der Waals surface area contributed by atoms with Crippen molar-refractivity contribution >= 4 is 23.4 Å². The van der Waals surface area contributed by atoms with Gasteiger partial charge in [0.2, 0.25) is 5.91 Å². The molecule has 0 aromatic heterocycles. The fraction of sp³-hybridized carbons (Fsp3) is 0.0625. The average Bonchev–Trinajstić information content (AvgIpc) is 2.48. The van der Waals surface area contributed by atoms with E-state index >= 15 is 0 Å². The number of rotatable bonds is 4. The Bertz CT molecular complexity index is 757. The van der Waals surface area contributed by atoms with Crippen LogP contribution >= 0.6 is 0 Å². The Hall–Kier alpha value is -3.02. The molecule has 1 N–H and O–H groups in total. The summed E-state index contributed by atoms with van der Waals surface area (Å²) in [7, 11) is 0. The molecule has 2 aromatic carbocycles. The lowest BCUT2D eigenvalue weighted by atomic mass is 10.2. The van der Waals surface area contributed by atoms with Gasteiger partial charge in [-0.25, -0.2) is 4.39 Å². The molecule has 2 aromatic rings. The van der Waals surface area contributed by atoms with Crippen molar-refractivity contribution in [2.45, 2.75) is 6.92 Å². The van der Waals surface area contributed by atoms with Crippen molar-refractivity contribution in [1.29, 1.82) is 0 Å². The normalized spacial score (nSPS) is 10.6. The standard InChI is InChI=1S/C16H13FN2O3/c1-11-9-13(17)6-7-15(11)18-16(20)8-5-12-3-2-4-14(10-12)19(21)22/h2-10H,1H3,(H,18,20)/b8-5+. The van der Waals surface area contributed by atoms with Gasteiger partial charge in [-0.05, 0) is 42.3 Å². The maximum Gasteiger partial charge on any atom is 0.270 e. The molecule has 0 aliphatic heterocycles. The fourth-order valence-corrected chi connectivity index (χ4v) is 1.86.